The molecule has 6 heteroatoms. The Balaban J connectivity index is 4.55. The second kappa shape index (κ2) is 4.59. The van der Waals surface area contributed by atoms with Crippen molar-refractivity contribution in [2.45, 2.75) is 6.55 Å². The third-order valence-electron chi connectivity index (χ3n) is 2.04. The summed E-state index contributed by atoms with van der Waals surface area (Å²) in [5.74, 6) is 0. The largest absolute Gasteiger partial charge is 0.459 e. The fourth-order valence-corrected chi connectivity index (χ4v) is 2.09. The SMILES string of the molecule is CO[Si](C)(OC)N(C)C(=O)N(C)C. The molecule has 0 aromatic carbocycles. The normalized spacial score (nSPS) is 11.2. The van der Waals surface area contributed by atoms with Crippen molar-refractivity contribution in [3.05, 3.63) is 0 Å². The van der Waals surface area contributed by atoms with E-state index >= 15 is 0 Å². The fourth-order valence-electron chi connectivity index (χ4n) is 0.831. The van der Waals surface area contributed by atoms with Crippen LogP contribution >= 0.6 is 0 Å². The molecule has 78 valence electrons. The van der Waals surface area contributed by atoms with E-state index in [2.05, 4.69) is 0 Å². The summed E-state index contributed by atoms with van der Waals surface area (Å²) in [6.45, 7) is 1.81. The number of urea groups is 1. The van der Waals surface area contributed by atoms with Crippen molar-refractivity contribution in [3.63, 3.8) is 0 Å². The smallest absolute Gasteiger partial charge is 0.382 e. The molecule has 13 heavy (non-hydrogen) atoms. The number of rotatable bonds is 3. The van der Waals surface area contributed by atoms with Crippen LogP contribution in [0, 0.1) is 0 Å². The van der Waals surface area contributed by atoms with Crippen molar-refractivity contribution in [2.75, 3.05) is 35.4 Å². The Hall–Kier alpha value is -0.593. The molecule has 5 nitrogen and oxygen atoms in total. The molecule has 0 saturated heterocycles. The first-order valence-electron chi connectivity index (χ1n) is 3.94. The highest BCUT2D eigenvalue weighted by Crippen LogP contribution is 2.10. The van der Waals surface area contributed by atoms with Crippen LogP contribution in [-0.4, -0.2) is 59.6 Å². The molecule has 0 unspecified atom stereocenters. The summed E-state index contributed by atoms with van der Waals surface area (Å²) >= 11 is 0. The van der Waals surface area contributed by atoms with Crippen molar-refractivity contribution in [3.8, 4) is 0 Å². The first-order valence-corrected chi connectivity index (χ1v) is 6.21. The predicted octanol–water partition coefficient (Wildman–Crippen LogP) is 0.461. The lowest BCUT2D eigenvalue weighted by atomic mass is 10.8. The highest BCUT2D eigenvalue weighted by molar-refractivity contribution is 6.65. The van der Waals surface area contributed by atoms with Crippen molar-refractivity contribution < 1.29 is 13.6 Å². The Kier molecular flexibility index (Phi) is 4.38. The molecule has 0 radical (unpaired) electrons. The van der Waals surface area contributed by atoms with Crippen LogP contribution in [0.1, 0.15) is 0 Å². The number of carbonyl (C=O) groups excluding carboxylic acids is 1. The zero-order valence-corrected chi connectivity index (χ0v) is 10.1. The molecule has 0 heterocycles. The van der Waals surface area contributed by atoms with Gasteiger partial charge in [-0.15, -0.1) is 0 Å². The van der Waals surface area contributed by atoms with Crippen LogP contribution in [0.5, 0.6) is 0 Å². The lowest BCUT2D eigenvalue weighted by molar-refractivity contribution is 0.160. The third kappa shape index (κ3) is 2.68. The van der Waals surface area contributed by atoms with Gasteiger partial charge in [0, 0.05) is 35.4 Å². The molecule has 0 aromatic heterocycles. The van der Waals surface area contributed by atoms with E-state index in [0.717, 1.165) is 0 Å². The van der Waals surface area contributed by atoms with Gasteiger partial charge in [0.15, 0.2) is 0 Å². The van der Waals surface area contributed by atoms with Gasteiger partial charge in [-0.2, -0.15) is 0 Å². The molecule has 0 saturated carbocycles. The van der Waals surface area contributed by atoms with E-state index in [1.54, 1.807) is 35.4 Å². The molecule has 0 aliphatic rings. The van der Waals surface area contributed by atoms with Crippen LogP contribution in [0.25, 0.3) is 0 Å². The van der Waals surface area contributed by atoms with Gasteiger partial charge in [0.05, 0.1) is 0 Å². The molecular weight excluding hydrogens is 188 g/mol. The highest BCUT2D eigenvalue weighted by atomic mass is 28.4. The maximum atomic E-state index is 11.5. The number of hydrogen-bond donors (Lipinski definition) is 0. The van der Waals surface area contributed by atoms with Gasteiger partial charge in [0.2, 0.25) is 0 Å². The summed E-state index contributed by atoms with van der Waals surface area (Å²) in [7, 11) is 5.69. The molecule has 0 bridgehead atoms. The average molecular weight is 206 g/mol. The molecule has 0 fully saturated rings. The van der Waals surface area contributed by atoms with Crippen LogP contribution in [0.3, 0.4) is 0 Å². The number of nitrogens with zero attached hydrogens (tertiary/aromatic N) is 2. The van der Waals surface area contributed by atoms with Crippen LogP contribution in [-0.2, 0) is 8.85 Å². The van der Waals surface area contributed by atoms with Crippen LogP contribution in [0.4, 0.5) is 4.79 Å². The van der Waals surface area contributed by atoms with Gasteiger partial charge >= 0.3 is 14.8 Å². The molecule has 0 atom stereocenters. The van der Waals surface area contributed by atoms with E-state index in [0.29, 0.717) is 0 Å². The Labute approximate surface area is 80.5 Å². The highest BCUT2D eigenvalue weighted by Gasteiger charge is 2.39. The summed E-state index contributed by atoms with van der Waals surface area (Å²) in [5, 5.41) is 0. The van der Waals surface area contributed by atoms with Gasteiger partial charge in [0.1, 0.15) is 0 Å². The zero-order valence-electron chi connectivity index (χ0n) is 9.12. The lowest BCUT2D eigenvalue weighted by Crippen LogP contribution is -2.58. The summed E-state index contributed by atoms with van der Waals surface area (Å²) < 4.78 is 12.0. The maximum absolute atomic E-state index is 11.5. The van der Waals surface area contributed by atoms with Gasteiger partial charge in [-0.05, 0) is 6.55 Å². The number of amides is 2. The van der Waals surface area contributed by atoms with E-state index < -0.39 is 8.72 Å². The molecule has 0 spiro atoms. The molecule has 2 amide bonds. The maximum Gasteiger partial charge on any atom is 0.459 e. The van der Waals surface area contributed by atoms with E-state index in [1.807, 2.05) is 6.55 Å². The van der Waals surface area contributed by atoms with Crippen LogP contribution in [0.15, 0.2) is 0 Å². The van der Waals surface area contributed by atoms with Gasteiger partial charge in [-0.1, -0.05) is 0 Å². The lowest BCUT2D eigenvalue weighted by Gasteiger charge is -2.33. The van der Waals surface area contributed by atoms with Crippen molar-refractivity contribution >= 4 is 14.8 Å². The van der Waals surface area contributed by atoms with E-state index in [1.165, 1.54) is 9.47 Å². The average Bonchev–Trinajstić information content (AvgIpc) is 2.14. The zero-order chi connectivity index (χ0) is 10.6. The molecule has 0 rings (SSSR count). The summed E-state index contributed by atoms with van der Waals surface area (Å²) in [4.78, 5) is 13.0. The Morgan fingerprint density at radius 1 is 1.15 bits per heavy atom. The Bertz CT molecular complexity index is 183. The molecule has 0 aliphatic carbocycles. The van der Waals surface area contributed by atoms with E-state index in [-0.39, 0.29) is 6.03 Å². The summed E-state index contributed by atoms with van der Waals surface area (Å²) in [6.07, 6.45) is 0. The van der Waals surface area contributed by atoms with E-state index in [9.17, 15) is 4.79 Å². The van der Waals surface area contributed by atoms with Crippen molar-refractivity contribution in [2.24, 2.45) is 0 Å². The number of carbonyl (C=O) groups is 1. The quantitative estimate of drug-likeness (QED) is 0.630. The Morgan fingerprint density at radius 3 is 1.77 bits per heavy atom. The number of hydrogen-bond acceptors (Lipinski definition) is 3. The van der Waals surface area contributed by atoms with E-state index in [4.69, 9.17) is 8.85 Å². The van der Waals surface area contributed by atoms with Crippen LogP contribution in [0.2, 0.25) is 6.55 Å². The first-order chi connectivity index (χ1) is 5.89. The first kappa shape index (κ1) is 12.4. The van der Waals surface area contributed by atoms with Gasteiger partial charge in [0.25, 0.3) is 0 Å². The van der Waals surface area contributed by atoms with Gasteiger partial charge in [-0.3, -0.25) is 0 Å². The molecule has 0 N–H and O–H groups in total. The summed E-state index contributed by atoms with van der Waals surface area (Å²) in [5.41, 5.74) is 0. The van der Waals surface area contributed by atoms with Crippen LogP contribution < -0.4 is 0 Å². The minimum absolute atomic E-state index is 0.113. The van der Waals surface area contributed by atoms with Gasteiger partial charge in [-0.25, -0.2) is 4.79 Å². The monoisotopic (exact) mass is 206 g/mol. The molecular formula is C7H18N2O3Si. The van der Waals surface area contributed by atoms with Gasteiger partial charge < -0.3 is 18.3 Å². The molecule has 0 aromatic rings. The standard InChI is InChI=1S/C7H18N2O3Si/c1-8(2)7(10)9(3)13(6,11-4)12-5/h1-6H3. The third-order valence-corrected chi connectivity index (χ3v) is 4.96. The fraction of sp³-hybridized carbons (Fsp3) is 0.857. The topological polar surface area (TPSA) is 42.0 Å². The molecule has 0 aliphatic heterocycles. The second-order valence-corrected chi connectivity index (χ2v) is 6.32. The van der Waals surface area contributed by atoms with Crippen molar-refractivity contribution in [1.82, 2.24) is 9.47 Å². The van der Waals surface area contributed by atoms with Crippen molar-refractivity contribution in [1.29, 1.82) is 0 Å². The predicted molar refractivity (Wildman–Crippen MR) is 52.5 cm³/mol. The Morgan fingerprint density at radius 2 is 1.54 bits per heavy atom. The minimum Gasteiger partial charge on any atom is -0.382 e. The summed E-state index contributed by atoms with van der Waals surface area (Å²) in [6, 6.07) is -0.113. The second-order valence-electron chi connectivity index (χ2n) is 3.04. The minimum atomic E-state index is -2.48.